The standard InChI is InChI=1S/C12H8O7P2/c13-20(15-9-1-2-10(16-20)4-3-9)19-21(14)17-11-5-6-12(18-21)8-7-11/h1-8H. The molecule has 0 N–H and O–H groups in total. The molecule has 0 radical (unpaired) electrons. The first kappa shape index (κ1) is 12.8. The van der Waals surface area contributed by atoms with E-state index in [1.807, 2.05) is 0 Å². The second-order valence-electron chi connectivity index (χ2n) is 4.28. The Bertz CT molecular complexity index is 659. The zero-order chi connectivity index (χ0) is 14.5. The van der Waals surface area contributed by atoms with Gasteiger partial charge in [-0.25, -0.2) is 9.13 Å². The predicted molar refractivity (Wildman–Crippen MR) is 71.7 cm³/mol. The smallest absolute Gasteiger partial charge is 0.395 e. The lowest BCUT2D eigenvalue weighted by Crippen LogP contribution is -2.07. The SMILES string of the molecule is O=P1(OP2(=O)Oc3ccc(cc3)O2)Oc2ccc(cc2)O1. The second-order valence-corrected chi connectivity index (χ2v) is 7.46. The lowest BCUT2D eigenvalue weighted by atomic mass is 10.3. The van der Waals surface area contributed by atoms with E-state index in [1.54, 1.807) is 48.5 Å². The quantitative estimate of drug-likeness (QED) is 0.766. The number of benzene rings is 2. The van der Waals surface area contributed by atoms with E-state index in [0.717, 1.165) is 0 Å². The van der Waals surface area contributed by atoms with Crippen molar-refractivity contribution in [3.05, 3.63) is 48.5 Å². The molecule has 9 heteroatoms. The zero-order valence-electron chi connectivity index (χ0n) is 10.4. The Kier molecular flexibility index (Phi) is 2.60. The summed E-state index contributed by atoms with van der Waals surface area (Å²) < 4.78 is 50.6. The minimum atomic E-state index is -4.18. The number of hydrogen-bond donors (Lipinski definition) is 0. The van der Waals surface area contributed by atoms with E-state index in [1.165, 1.54) is 0 Å². The van der Waals surface area contributed by atoms with E-state index >= 15 is 0 Å². The molecule has 0 saturated carbocycles. The van der Waals surface area contributed by atoms with Crippen molar-refractivity contribution in [3.8, 4) is 23.0 Å². The molecule has 7 nitrogen and oxygen atoms in total. The van der Waals surface area contributed by atoms with Gasteiger partial charge in [-0.1, -0.05) is 0 Å². The predicted octanol–water partition coefficient (Wildman–Crippen LogP) is 4.16. The third kappa shape index (κ3) is 2.40. The van der Waals surface area contributed by atoms with Gasteiger partial charge >= 0.3 is 15.6 Å². The van der Waals surface area contributed by atoms with Crippen molar-refractivity contribution in [3.63, 3.8) is 0 Å². The molecule has 4 heterocycles. The fourth-order valence-electron chi connectivity index (χ4n) is 1.87. The summed E-state index contributed by atoms with van der Waals surface area (Å²) in [6.45, 7) is 0. The van der Waals surface area contributed by atoms with Crippen molar-refractivity contribution < 1.29 is 31.5 Å². The van der Waals surface area contributed by atoms with E-state index in [0.29, 0.717) is 0 Å². The van der Waals surface area contributed by atoms with Gasteiger partial charge in [0.15, 0.2) is 0 Å². The van der Waals surface area contributed by atoms with E-state index in [2.05, 4.69) is 0 Å². The van der Waals surface area contributed by atoms with Gasteiger partial charge in [0.25, 0.3) is 0 Å². The van der Waals surface area contributed by atoms with E-state index < -0.39 is 15.6 Å². The zero-order valence-corrected chi connectivity index (χ0v) is 12.2. The molecule has 0 atom stereocenters. The normalized spacial score (nSPS) is 19.4. The van der Waals surface area contributed by atoms with Gasteiger partial charge in [-0.15, -0.1) is 4.31 Å². The average Bonchev–Trinajstić information content (AvgIpc) is 2.80. The highest BCUT2D eigenvalue weighted by Crippen LogP contribution is 2.66. The van der Waals surface area contributed by atoms with Crippen LogP contribution in [0.25, 0.3) is 0 Å². The van der Waals surface area contributed by atoms with Gasteiger partial charge in [-0.05, 0) is 48.5 Å². The maximum Gasteiger partial charge on any atom is 0.598 e. The van der Waals surface area contributed by atoms with Gasteiger partial charge < -0.3 is 18.1 Å². The highest BCUT2D eigenvalue weighted by atomic mass is 31.3. The van der Waals surface area contributed by atoms with E-state index in [4.69, 9.17) is 22.4 Å². The highest BCUT2D eigenvalue weighted by molar-refractivity contribution is 7.63. The van der Waals surface area contributed by atoms with Gasteiger partial charge in [-0.3, -0.25) is 0 Å². The first-order valence-corrected chi connectivity index (χ1v) is 8.84. The Balaban J connectivity index is 1.65. The van der Waals surface area contributed by atoms with Crippen LogP contribution in [-0.4, -0.2) is 0 Å². The number of rotatable bonds is 2. The molecule has 0 aliphatic carbocycles. The van der Waals surface area contributed by atoms with Crippen molar-refractivity contribution in [1.29, 1.82) is 0 Å². The molecule has 21 heavy (non-hydrogen) atoms. The van der Waals surface area contributed by atoms with E-state index in [9.17, 15) is 9.13 Å². The van der Waals surface area contributed by atoms with E-state index in [-0.39, 0.29) is 23.0 Å². The fourth-order valence-corrected chi connectivity index (χ4v) is 4.97. The molecule has 0 unspecified atom stereocenters. The Morgan fingerprint density at radius 1 is 0.571 bits per heavy atom. The average molecular weight is 326 g/mol. The number of fused-ring (bicyclic) bond motifs is 8. The summed E-state index contributed by atoms with van der Waals surface area (Å²) in [7, 11) is -8.36. The lowest BCUT2D eigenvalue weighted by Gasteiger charge is -2.20. The summed E-state index contributed by atoms with van der Waals surface area (Å²) in [5, 5.41) is 0. The first-order chi connectivity index (χ1) is 10.0. The molecule has 6 rings (SSSR count). The van der Waals surface area contributed by atoms with Crippen LogP contribution in [0, 0.1) is 0 Å². The summed E-state index contributed by atoms with van der Waals surface area (Å²) in [6, 6.07) is 12.4. The van der Waals surface area contributed by atoms with Gasteiger partial charge in [0.2, 0.25) is 0 Å². The van der Waals surface area contributed by atoms with Crippen LogP contribution >= 0.6 is 15.6 Å². The van der Waals surface area contributed by atoms with Crippen molar-refractivity contribution in [2.75, 3.05) is 0 Å². The molecule has 0 aromatic heterocycles. The molecule has 4 bridgehead atoms. The van der Waals surface area contributed by atoms with Gasteiger partial charge in [0.1, 0.15) is 23.0 Å². The van der Waals surface area contributed by atoms with Crippen LogP contribution in [0.2, 0.25) is 0 Å². The molecule has 108 valence electrons. The summed E-state index contributed by atoms with van der Waals surface area (Å²) >= 11 is 0. The lowest BCUT2D eigenvalue weighted by molar-refractivity contribution is 0.248. The van der Waals surface area contributed by atoms with Crippen molar-refractivity contribution in [2.24, 2.45) is 0 Å². The summed E-state index contributed by atoms with van der Waals surface area (Å²) in [6.07, 6.45) is 0. The van der Waals surface area contributed by atoms with Crippen LogP contribution in [0.15, 0.2) is 48.5 Å². The van der Waals surface area contributed by atoms with Gasteiger partial charge in [-0.2, -0.15) is 0 Å². The van der Waals surface area contributed by atoms with Crippen LogP contribution in [0.4, 0.5) is 0 Å². The minimum absolute atomic E-state index is 0.264. The van der Waals surface area contributed by atoms with Crippen molar-refractivity contribution in [2.45, 2.75) is 0 Å². The van der Waals surface area contributed by atoms with Gasteiger partial charge in [0.05, 0.1) is 0 Å². The molecule has 4 aliphatic heterocycles. The Morgan fingerprint density at radius 2 is 0.810 bits per heavy atom. The fraction of sp³-hybridized carbons (Fsp3) is 0. The molecular weight excluding hydrogens is 318 g/mol. The third-order valence-electron chi connectivity index (χ3n) is 2.72. The van der Waals surface area contributed by atoms with Crippen LogP contribution in [0.5, 0.6) is 23.0 Å². The topological polar surface area (TPSA) is 80.3 Å². The van der Waals surface area contributed by atoms with Crippen LogP contribution in [0.3, 0.4) is 0 Å². The Morgan fingerprint density at radius 3 is 1.05 bits per heavy atom. The second kappa shape index (κ2) is 4.28. The molecule has 0 saturated heterocycles. The number of phosphoric acid groups is 2. The molecule has 0 amide bonds. The van der Waals surface area contributed by atoms with Gasteiger partial charge in [0, 0.05) is 0 Å². The Hall–Kier alpha value is -1.94. The first-order valence-electron chi connectivity index (χ1n) is 5.92. The summed E-state index contributed by atoms with van der Waals surface area (Å²) in [5.74, 6) is 1.06. The molecule has 0 spiro atoms. The molecular formula is C12H8O7P2. The number of phosphoric ester groups is 2. The maximum atomic E-state index is 12.6. The molecule has 0 fully saturated rings. The van der Waals surface area contributed by atoms with Crippen molar-refractivity contribution >= 4 is 15.6 Å². The van der Waals surface area contributed by atoms with Crippen LogP contribution < -0.4 is 18.1 Å². The number of hydrogen-bond acceptors (Lipinski definition) is 7. The van der Waals surface area contributed by atoms with Crippen LogP contribution in [-0.2, 0) is 13.4 Å². The molecule has 2 aromatic rings. The summed E-state index contributed by atoms with van der Waals surface area (Å²) in [4.78, 5) is 0. The maximum absolute atomic E-state index is 12.6. The molecule has 2 aromatic carbocycles. The van der Waals surface area contributed by atoms with Crippen molar-refractivity contribution in [1.82, 2.24) is 0 Å². The van der Waals surface area contributed by atoms with Crippen LogP contribution in [0.1, 0.15) is 0 Å². The highest BCUT2D eigenvalue weighted by Gasteiger charge is 2.47. The Labute approximate surface area is 119 Å². The largest absolute Gasteiger partial charge is 0.598 e. The minimum Gasteiger partial charge on any atom is -0.395 e. The third-order valence-corrected chi connectivity index (χ3v) is 6.05. The monoisotopic (exact) mass is 326 g/mol. The molecule has 4 aliphatic rings. The summed E-state index contributed by atoms with van der Waals surface area (Å²) in [5.41, 5.74) is 0.